The van der Waals surface area contributed by atoms with Gasteiger partial charge in [-0.3, -0.25) is 4.79 Å². The van der Waals surface area contributed by atoms with Crippen LogP contribution in [0.4, 0.5) is 0 Å². The summed E-state index contributed by atoms with van der Waals surface area (Å²) in [5, 5.41) is 6.11. The highest BCUT2D eigenvalue weighted by Crippen LogP contribution is 2.24. The zero-order chi connectivity index (χ0) is 10.9. The molecule has 0 aromatic carbocycles. The van der Waals surface area contributed by atoms with Gasteiger partial charge in [0.2, 0.25) is 5.91 Å². The molecule has 84 valence electrons. The molecule has 0 radical (unpaired) electrons. The van der Waals surface area contributed by atoms with E-state index in [0.717, 1.165) is 12.8 Å². The molecule has 1 heterocycles. The van der Waals surface area contributed by atoms with Crippen LogP contribution in [-0.4, -0.2) is 30.5 Å². The fourth-order valence-electron chi connectivity index (χ4n) is 1.57. The van der Waals surface area contributed by atoms with E-state index in [1.165, 1.54) is 11.5 Å². The van der Waals surface area contributed by atoms with Gasteiger partial charge in [0.15, 0.2) is 0 Å². The van der Waals surface area contributed by atoms with E-state index in [1.54, 1.807) is 0 Å². The van der Waals surface area contributed by atoms with Crippen LogP contribution in [0, 0.1) is 5.92 Å². The summed E-state index contributed by atoms with van der Waals surface area (Å²) in [6, 6.07) is 0. The zero-order valence-corrected chi connectivity index (χ0v) is 9.50. The summed E-state index contributed by atoms with van der Waals surface area (Å²) < 4.78 is 0. The number of nitrogens with one attached hydrogen (secondary N) is 1. The molecule has 0 atom stereocenters. The molecule has 1 aliphatic rings. The van der Waals surface area contributed by atoms with E-state index < -0.39 is 0 Å². The number of azide groups is 1. The molecule has 1 fully saturated rings. The van der Waals surface area contributed by atoms with Crippen LogP contribution in [0.3, 0.4) is 0 Å². The summed E-state index contributed by atoms with van der Waals surface area (Å²) >= 11 is 1.96. The molecule has 0 saturated carbocycles. The smallest absolute Gasteiger partial charge is 0.220 e. The highest BCUT2D eigenvalue weighted by Gasteiger charge is 2.16. The van der Waals surface area contributed by atoms with Crippen LogP contribution in [0.15, 0.2) is 5.11 Å². The molecule has 1 aliphatic heterocycles. The molecule has 15 heavy (non-hydrogen) atoms. The average Bonchev–Trinajstić information content (AvgIpc) is 2.26. The van der Waals surface area contributed by atoms with E-state index in [9.17, 15) is 4.79 Å². The Morgan fingerprint density at radius 3 is 2.93 bits per heavy atom. The predicted molar refractivity (Wildman–Crippen MR) is 61.7 cm³/mol. The number of thioether (sulfide) groups is 1. The lowest BCUT2D eigenvalue weighted by Gasteiger charge is -2.20. The molecule has 0 spiro atoms. The minimum atomic E-state index is 0.0834. The fraction of sp³-hybridized carbons (Fsp3) is 0.889. The van der Waals surface area contributed by atoms with Crippen LogP contribution in [-0.2, 0) is 4.79 Å². The molecule has 1 saturated heterocycles. The predicted octanol–water partition coefficient (Wildman–Crippen LogP) is 1.95. The van der Waals surface area contributed by atoms with E-state index in [2.05, 4.69) is 15.3 Å². The van der Waals surface area contributed by atoms with Crippen LogP contribution in [0.25, 0.3) is 10.4 Å². The van der Waals surface area contributed by atoms with Gasteiger partial charge in [-0.15, -0.1) is 0 Å². The van der Waals surface area contributed by atoms with Crippen molar-refractivity contribution >= 4 is 17.7 Å². The Balaban J connectivity index is 2.08. The number of carbonyl (C=O) groups excluding carboxylic acids is 1. The van der Waals surface area contributed by atoms with Crippen molar-refractivity contribution in [2.45, 2.75) is 19.3 Å². The normalized spacial score (nSPS) is 16.8. The Kier molecular flexibility index (Phi) is 6.04. The van der Waals surface area contributed by atoms with E-state index in [-0.39, 0.29) is 5.91 Å². The quantitative estimate of drug-likeness (QED) is 0.338. The van der Waals surface area contributed by atoms with Gasteiger partial charge in [0.05, 0.1) is 0 Å². The fourth-order valence-corrected chi connectivity index (χ4v) is 2.78. The number of amides is 1. The molecular formula is C9H16N4OS. The number of nitrogens with zero attached hydrogens (tertiary/aromatic N) is 3. The first-order valence-corrected chi connectivity index (χ1v) is 6.33. The third-order valence-corrected chi connectivity index (χ3v) is 3.46. The minimum absolute atomic E-state index is 0.0834. The second-order valence-electron chi connectivity index (χ2n) is 3.56. The number of rotatable bonds is 5. The topological polar surface area (TPSA) is 77.9 Å². The van der Waals surface area contributed by atoms with E-state index >= 15 is 0 Å². The van der Waals surface area contributed by atoms with Crippen molar-refractivity contribution in [1.82, 2.24) is 5.32 Å². The summed E-state index contributed by atoms with van der Waals surface area (Å²) in [7, 11) is 0. The Morgan fingerprint density at radius 1 is 1.53 bits per heavy atom. The lowest BCUT2D eigenvalue weighted by atomic mass is 9.98. The van der Waals surface area contributed by atoms with Crippen molar-refractivity contribution in [1.29, 1.82) is 0 Å². The largest absolute Gasteiger partial charge is 0.356 e. The van der Waals surface area contributed by atoms with Gasteiger partial charge in [0, 0.05) is 24.4 Å². The standard InChI is InChI=1S/C9H16N4OS/c10-13-12-4-3-11-9(14)7-8-1-5-15-6-2-8/h8H,1-7H2,(H,11,14). The van der Waals surface area contributed by atoms with Crippen LogP contribution < -0.4 is 5.32 Å². The number of carbonyl (C=O) groups is 1. The van der Waals surface area contributed by atoms with Crippen molar-refractivity contribution in [2.24, 2.45) is 11.0 Å². The second kappa shape index (κ2) is 7.43. The van der Waals surface area contributed by atoms with Crippen LogP contribution in [0.2, 0.25) is 0 Å². The number of hydrogen-bond donors (Lipinski definition) is 1. The maximum Gasteiger partial charge on any atom is 0.220 e. The molecule has 1 N–H and O–H groups in total. The average molecular weight is 228 g/mol. The summed E-state index contributed by atoms with van der Waals surface area (Å²) in [4.78, 5) is 14.0. The third kappa shape index (κ3) is 5.54. The highest BCUT2D eigenvalue weighted by molar-refractivity contribution is 7.99. The molecule has 0 aromatic heterocycles. The second-order valence-corrected chi connectivity index (χ2v) is 4.79. The summed E-state index contributed by atoms with van der Waals surface area (Å²) in [5.41, 5.74) is 8.04. The molecule has 5 nitrogen and oxygen atoms in total. The molecule has 0 unspecified atom stereocenters. The minimum Gasteiger partial charge on any atom is -0.356 e. The molecular weight excluding hydrogens is 212 g/mol. The summed E-state index contributed by atoms with van der Waals surface area (Å²) in [5.74, 6) is 2.98. The van der Waals surface area contributed by atoms with Gasteiger partial charge in [-0.05, 0) is 35.8 Å². The lowest BCUT2D eigenvalue weighted by Crippen LogP contribution is -2.28. The number of hydrogen-bond acceptors (Lipinski definition) is 3. The van der Waals surface area contributed by atoms with Crippen molar-refractivity contribution in [3.8, 4) is 0 Å². The monoisotopic (exact) mass is 228 g/mol. The highest BCUT2D eigenvalue weighted by atomic mass is 32.2. The van der Waals surface area contributed by atoms with Gasteiger partial charge < -0.3 is 5.32 Å². The molecule has 6 heteroatoms. The SMILES string of the molecule is [N-]=[N+]=NCCNC(=O)CC1CCSCC1. The summed E-state index contributed by atoms with van der Waals surface area (Å²) in [6.45, 7) is 0.785. The maximum absolute atomic E-state index is 11.4. The molecule has 0 aromatic rings. The third-order valence-electron chi connectivity index (χ3n) is 2.41. The first-order chi connectivity index (χ1) is 7.33. The van der Waals surface area contributed by atoms with Gasteiger partial charge in [0.1, 0.15) is 0 Å². The van der Waals surface area contributed by atoms with Crippen LogP contribution in [0.5, 0.6) is 0 Å². The van der Waals surface area contributed by atoms with E-state index in [1.807, 2.05) is 11.8 Å². The van der Waals surface area contributed by atoms with Crippen molar-refractivity contribution in [3.63, 3.8) is 0 Å². The Labute approximate surface area is 93.6 Å². The maximum atomic E-state index is 11.4. The van der Waals surface area contributed by atoms with Crippen molar-refractivity contribution in [2.75, 3.05) is 24.6 Å². The first kappa shape index (κ1) is 12.2. The van der Waals surface area contributed by atoms with Gasteiger partial charge in [-0.25, -0.2) is 0 Å². The van der Waals surface area contributed by atoms with Crippen molar-refractivity contribution < 1.29 is 4.79 Å². The van der Waals surface area contributed by atoms with Gasteiger partial charge >= 0.3 is 0 Å². The van der Waals surface area contributed by atoms with Crippen LogP contribution >= 0.6 is 11.8 Å². The Hall–Kier alpha value is -0.870. The van der Waals surface area contributed by atoms with Crippen LogP contribution in [0.1, 0.15) is 19.3 Å². The van der Waals surface area contributed by atoms with Gasteiger partial charge in [-0.1, -0.05) is 5.11 Å². The van der Waals surface area contributed by atoms with Gasteiger partial charge in [0.25, 0.3) is 0 Å². The first-order valence-electron chi connectivity index (χ1n) is 5.18. The van der Waals surface area contributed by atoms with Gasteiger partial charge in [-0.2, -0.15) is 11.8 Å². The van der Waals surface area contributed by atoms with Crippen molar-refractivity contribution in [3.05, 3.63) is 10.4 Å². The molecule has 1 amide bonds. The Bertz CT molecular complexity index is 246. The molecule has 1 rings (SSSR count). The molecule has 0 aliphatic carbocycles. The zero-order valence-electron chi connectivity index (χ0n) is 8.69. The lowest BCUT2D eigenvalue weighted by molar-refractivity contribution is -0.122. The Morgan fingerprint density at radius 2 is 2.27 bits per heavy atom. The van der Waals surface area contributed by atoms with E-state index in [0.29, 0.717) is 25.4 Å². The van der Waals surface area contributed by atoms with E-state index in [4.69, 9.17) is 5.53 Å². The summed E-state index contributed by atoms with van der Waals surface area (Å²) in [6.07, 6.45) is 2.92. The molecule has 0 bridgehead atoms.